The van der Waals surface area contributed by atoms with E-state index in [1.165, 1.54) is 6.92 Å². The van der Waals surface area contributed by atoms with Crippen LogP contribution in [0.25, 0.3) is 0 Å². The van der Waals surface area contributed by atoms with Crippen molar-refractivity contribution in [2.45, 2.75) is 74.1 Å². The number of phenols is 4. The SMILES string of the molecule is C.C.CC.CC(C)(c1ccc(O)cc1)c1ccc(O)cc1.CO.COc1ccc(Oc2ccc(OC(=O)Oc3ccc(C(C)(C)c4ccc(OC(C)=O)cc4)cc3)cc2)cc1.O=C(Cl)Cl.Oc1ccc(Oc2ccc(O)cc2)cc1.[CH3-].[Cl-].[Na+]. The zero-order chi connectivity index (χ0) is 57.8. The van der Waals surface area contributed by atoms with E-state index in [-0.39, 0.29) is 104 Å². The number of rotatable bonds is 12. The standard InChI is InChI=1S/C31H28O7.C15H16O2.C12H10O3.C2H6.CCl2O.CH4O.2CH4.CH3.ClH.Na/c1-21(32)35-25-9-5-22(6-10-25)31(2,3)23-7-11-28(12-8-23)37-30(33)38-29-19-17-27(18-20-29)36-26-15-13-24(34-4)14-16-26;1-15(2,11-3-7-13(16)8-4-11)12-5-9-14(17)10-6-12;13-9-1-5-11(6-2-9)15-12-7-3-10(14)4-8-12;1-2;2-1(3)4;1-2;;;;;/h5-20H,1-4H3;3-10,16-17H,1-2H3;1-8,13-14H;1-2H3;;2H,1H3;2*1H4;1H3;1H;/q;;;;;;;;-1;;+1/p-1. The molecule has 0 unspecified atom stereocenters. The van der Waals surface area contributed by atoms with Crippen LogP contribution in [0.3, 0.4) is 0 Å². The summed E-state index contributed by atoms with van der Waals surface area (Å²) in [5, 5.41) is 43.7. The van der Waals surface area contributed by atoms with Crippen LogP contribution in [0.15, 0.2) is 194 Å². The maximum absolute atomic E-state index is 12.3. The molecule has 0 spiro atoms. The molecule has 5 N–H and O–H groups in total. The summed E-state index contributed by atoms with van der Waals surface area (Å²) in [6, 6.07) is 55.8. The van der Waals surface area contributed by atoms with E-state index in [0.29, 0.717) is 40.2 Å². The molecular weight excluding hydrogens is 1130 g/mol. The van der Waals surface area contributed by atoms with Gasteiger partial charge in [0.05, 0.1) is 7.11 Å². The number of aliphatic hydroxyl groups is 1. The number of methoxy groups -OCH3 is 1. The van der Waals surface area contributed by atoms with Gasteiger partial charge in [0.15, 0.2) is 0 Å². The third-order valence-electron chi connectivity index (χ3n) is 11.0. The predicted molar refractivity (Wildman–Crippen MR) is 324 cm³/mol. The third kappa shape index (κ3) is 28.0. The van der Waals surface area contributed by atoms with Crippen LogP contribution in [-0.4, -0.2) is 56.6 Å². The number of esters is 1. The molecule has 0 saturated carbocycles. The summed E-state index contributed by atoms with van der Waals surface area (Å²) in [6.45, 7) is 13.8. The molecule has 0 aromatic heterocycles. The fourth-order valence-corrected chi connectivity index (χ4v) is 6.87. The van der Waals surface area contributed by atoms with E-state index in [1.54, 1.807) is 153 Å². The Hall–Kier alpha value is -7.40. The molecule has 0 radical (unpaired) electrons. The van der Waals surface area contributed by atoms with Crippen LogP contribution in [0, 0.1) is 7.43 Å². The first kappa shape index (κ1) is 79.8. The second-order valence-corrected chi connectivity index (χ2v) is 17.9. The van der Waals surface area contributed by atoms with Gasteiger partial charge in [0.2, 0.25) is 0 Å². The number of ether oxygens (including phenoxy) is 6. The zero-order valence-corrected chi connectivity index (χ0v) is 51.3. The van der Waals surface area contributed by atoms with Crippen molar-refractivity contribution in [1.29, 1.82) is 0 Å². The van der Waals surface area contributed by atoms with Gasteiger partial charge in [0, 0.05) is 24.9 Å². The number of phenolic OH excluding ortho intramolecular Hbond substituents is 4. The van der Waals surface area contributed by atoms with E-state index < -0.39 is 10.9 Å². The topological polar surface area (TPSA) is 208 Å². The molecule has 0 fully saturated rings. The van der Waals surface area contributed by atoms with Gasteiger partial charge in [-0.25, -0.2) is 4.79 Å². The number of halogens is 3. The number of aliphatic hydroxyl groups excluding tert-OH is 1. The van der Waals surface area contributed by atoms with E-state index >= 15 is 0 Å². The Labute approximate surface area is 527 Å². The Morgan fingerprint density at radius 3 is 0.807 bits per heavy atom. The molecule has 8 rings (SSSR count). The number of carbonyl (C=O) groups excluding carboxylic acids is 3. The van der Waals surface area contributed by atoms with Crippen molar-refractivity contribution in [3.8, 4) is 69.0 Å². The van der Waals surface area contributed by atoms with Gasteiger partial charge in [0.1, 0.15) is 69.0 Å². The van der Waals surface area contributed by atoms with Crippen molar-refractivity contribution in [3.05, 3.63) is 224 Å². The predicted octanol–water partition coefficient (Wildman–Crippen LogP) is 11.6. The Morgan fingerprint density at radius 2 is 0.566 bits per heavy atom. The molecule has 0 aliphatic heterocycles. The molecule has 0 amide bonds. The average Bonchev–Trinajstić information content (AvgIpc) is 3.42. The first-order chi connectivity index (χ1) is 37.2. The summed E-state index contributed by atoms with van der Waals surface area (Å²) < 4.78 is 31.2. The molecule has 8 aromatic rings. The Balaban J connectivity index is -0.00000119. The maximum atomic E-state index is 12.3. The molecule has 0 aliphatic carbocycles. The van der Waals surface area contributed by atoms with Gasteiger partial charge in [-0.3, -0.25) is 9.59 Å². The van der Waals surface area contributed by atoms with E-state index in [9.17, 15) is 19.8 Å². The smallest absolute Gasteiger partial charge is 1.00 e. The van der Waals surface area contributed by atoms with E-state index in [1.807, 2.05) is 62.4 Å². The first-order valence-corrected chi connectivity index (χ1v) is 24.8. The van der Waals surface area contributed by atoms with Crippen LogP contribution in [0.2, 0.25) is 0 Å². The van der Waals surface area contributed by atoms with Crippen LogP contribution in [-0.2, 0) is 15.6 Å². The minimum Gasteiger partial charge on any atom is -1.00 e. The van der Waals surface area contributed by atoms with Crippen molar-refractivity contribution in [2.75, 3.05) is 14.2 Å². The number of hydrogen-bond donors (Lipinski definition) is 5. The zero-order valence-electron chi connectivity index (χ0n) is 47.0. The molecule has 8 aromatic carbocycles. The van der Waals surface area contributed by atoms with Crippen LogP contribution >= 0.6 is 23.2 Å². The van der Waals surface area contributed by atoms with Crippen LogP contribution in [0.1, 0.15) is 85.6 Å². The molecule has 83 heavy (non-hydrogen) atoms. The van der Waals surface area contributed by atoms with E-state index in [4.69, 9.17) is 48.5 Å². The van der Waals surface area contributed by atoms with Crippen LogP contribution in [0.4, 0.5) is 9.59 Å². The second-order valence-electron chi connectivity index (χ2n) is 17.0. The van der Waals surface area contributed by atoms with E-state index in [2.05, 4.69) is 50.9 Å². The number of benzene rings is 8. The number of carbonyl (C=O) groups is 3. The summed E-state index contributed by atoms with van der Waals surface area (Å²) in [6.07, 6.45) is -0.845. The van der Waals surface area contributed by atoms with Gasteiger partial charge < -0.3 is 73.8 Å². The Morgan fingerprint density at radius 1 is 0.386 bits per heavy atom. The first-order valence-electron chi connectivity index (χ1n) is 24.1. The minimum atomic E-state index is -0.889. The molecule has 14 nitrogen and oxygen atoms in total. The molecule has 442 valence electrons. The fourth-order valence-electron chi connectivity index (χ4n) is 6.87. The Bertz CT molecular complexity index is 2940. The quantitative estimate of drug-likeness (QED) is 0.0193. The molecule has 18 heteroatoms. The molecule has 0 atom stereocenters. The van der Waals surface area contributed by atoms with Gasteiger partial charge in [-0.1, -0.05) is 105 Å². The molecule has 0 aliphatic rings. The fraction of sp³-hybridized carbons (Fsp3) is 0.200. The summed E-state index contributed by atoms with van der Waals surface area (Å²) in [4.78, 5) is 32.4. The van der Waals surface area contributed by atoms with Gasteiger partial charge in [-0.05, 0) is 191 Å². The average molecular weight is 1210 g/mol. The Kier molecular flexibility index (Phi) is 39.2. The maximum Gasteiger partial charge on any atom is 1.00 e. The van der Waals surface area contributed by atoms with Crippen LogP contribution < -0.4 is 70.4 Å². The molecule has 0 heterocycles. The monoisotopic (exact) mass is 1210 g/mol. The molecular formula is C65H75Cl3NaO14-. The van der Waals surface area contributed by atoms with Gasteiger partial charge >= 0.3 is 46.4 Å². The molecule has 0 bridgehead atoms. The van der Waals surface area contributed by atoms with Gasteiger partial charge in [-0.2, -0.15) is 0 Å². The normalized spacial score (nSPS) is 9.54. The van der Waals surface area contributed by atoms with Crippen molar-refractivity contribution >= 4 is 40.0 Å². The van der Waals surface area contributed by atoms with Crippen molar-refractivity contribution in [1.82, 2.24) is 0 Å². The van der Waals surface area contributed by atoms with Crippen molar-refractivity contribution in [3.63, 3.8) is 0 Å². The number of aromatic hydroxyl groups is 4. The number of hydrogen-bond acceptors (Lipinski definition) is 14. The van der Waals surface area contributed by atoms with Gasteiger partial charge in [0.25, 0.3) is 0 Å². The summed E-state index contributed by atoms with van der Waals surface area (Å²) in [5.41, 5.74) is 3.83. The van der Waals surface area contributed by atoms with E-state index in [0.717, 1.165) is 35.1 Å². The third-order valence-corrected chi connectivity index (χ3v) is 11.0. The summed E-state index contributed by atoms with van der Waals surface area (Å²) >= 11 is 8.80. The van der Waals surface area contributed by atoms with Crippen LogP contribution in [0.5, 0.6) is 69.0 Å². The summed E-state index contributed by atoms with van der Waals surface area (Å²) in [7, 11) is 2.60. The largest absolute Gasteiger partial charge is 1.00 e. The summed E-state index contributed by atoms with van der Waals surface area (Å²) in [5.74, 6) is 5.04. The minimum absolute atomic E-state index is 0. The second kappa shape index (κ2) is 40.7. The molecule has 0 saturated heterocycles. The van der Waals surface area contributed by atoms with Crippen molar-refractivity contribution in [2.24, 2.45) is 0 Å². The van der Waals surface area contributed by atoms with Crippen molar-refractivity contribution < 1.29 is 110 Å². The van der Waals surface area contributed by atoms with Gasteiger partial charge in [-0.15, -0.1) is 0 Å².